The first kappa shape index (κ1) is 31.5. The second-order valence-electron chi connectivity index (χ2n) is 12.9. The Balaban J connectivity index is 1.43. The van der Waals surface area contributed by atoms with Gasteiger partial charge in [-0.25, -0.2) is 19.2 Å². The minimum atomic E-state index is -0.638. The summed E-state index contributed by atoms with van der Waals surface area (Å²) in [5.74, 6) is -0.0890. The van der Waals surface area contributed by atoms with E-state index in [1.54, 1.807) is 37.2 Å². The Morgan fingerprint density at radius 1 is 1.17 bits per heavy atom. The van der Waals surface area contributed by atoms with Crippen LogP contribution in [0.2, 0.25) is 0 Å². The number of imidazole rings is 1. The molecule has 47 heavy (non-hydrogen) atoms. The molecule has 1 fully saturated rings. The molecule has 0 aliphatic carbocycles. The highest BCUT2D eigenvalue weighted by atomic mass is 19.1. The number of nitrogens with one attached hydrogen (secondary N) is 1. The van der Waals surface area contributed by atoms with E-state index >= 15 is 0 Å². The number of nitriles is 1. The van der Waals surface area contributed by atoms with E-state index in [9.17, 15) is 19.2 Å². The summed E-state index contributed by atoms with van der Waals surface area (Å²) in [5.41, 5.74) is 3.20. The molecule has 12 nitrogen and oxygen atoms in total. The predicted molar refractivity (Wildman–Crippen MR) is 175 cm³/mol. The van der Waals surface area contributed by atoms with Gasteiger partial charge in [-0.3, -0.25) is 13.9 Å². The minimum absolute atomic E-state index is 0.0561. The smallest absolute Gasteiger partial charge is 0.407 e. The molecule has 0 radical (unpaired) electrons. The summed E-state index contributed by atoms with van der Waals surface area (Å²) >= 11 is 0. The second kappa shape index (κ2) is 12.4. The van der Waals surface area contributed by atoms with Crippen LogP contribution in [0.3, 0.4) is 0 Å². The molecular formula is C34H36FN9O3. The summed E-state index contributed by atoms with van der Waals surface area (Å²) in [4.78, 5) is 38.3. The molecule has 2 aromatic carbocycles. The van der Waals surface area contributed by atoms with Crippen molar-refractivity contribution >= 4 is 34.4 Å². The number of benzene rings is 2. The van der Waals surface area contributed by atoms with Gasteiger partial charge in [0.1, 0.15) is 24.0 Å². The lowest BCUT2D eigenvalue weighted by Gasteiger charge is -2.34. The van der Waals surface area contributed by atoms with Crippen molar-refractivity contribution in [1.29, 1.82) is 5.26 Å². The maximum absolute atomic E-state index is 15.0. The van der Waals surface area contributed by atoms with E-state index in [0.29, 0.717) is 41.5 Å². The van der Waals surface area contributed by atoms with E-state index in [4.69, 9.17) is 14.7 Å². The zero-order valence-electron chi connectivity index (χ0n) is 27.0. The standard InChI is InChI=1S/C34H36FN9O3/c1-34(2,3)47-33(46)39-25-7-6-13-42(19-25)31-32-40-29(21-8-9-23(17-36)26(35)16-21)30(43(32)14-12-37-31)22-10-11-27-24(15-22)18-38-44(27)20-28(45)41(4)5/h8-12,14-16,18,25H,6-7,13,19-20H2,1-5H3,(H,39,46)/t25-/m1/s1. The SMILES string of the molecule is CN(C)C(=O)Cn1ncc2cc(-c3c(-c4ccc(C#N)c(F)c4)nc4c(N5CCC[C@@H](NC(=O)OC(C)(C)C)C5)nccn34)ccc21. The van der Waals surface area contributed by atoms with Crippen LogP contribution >= 0.6 is 0 Å². The quantitative estimate of drug-likeness (QED) is 0.275. The van der Waals surface area contributed by atoms with Crippen molar-refractivity contribution in [3.05, 3.63) is 66.4 Å². The van der Waals surface area contributed by atoms with Crippen molar-refractivity contribution in [1.82, 2.24) is 34.4 Å². The van der Waals surface area contributed by atoms with Gasteiger partial charge in [-0.2, -0.15) is 10.4 Å². The summed E-state index contributed by atoms with van der Waals surface area (Å²) in [7, 11) is 3.41. The number of carbonyl (C=O) groups excluding carboxylic acids is 2. The molecule has 3 aromatic heterocycles. The monoisotopic (exact) mass is 637 g/mol. The van der Waals surface area contributed by atoms with E-state index in [1.807, 2.05) is 55.6 Å². The fraction of sp³-hybridized carbons (Fsp3) is 0.353. The Hall–Kier alpha value is -5.51. The van der Waals surface area contributed by atoms with Crippen molar-refractivity contribution in [2.24, 2.45) is 0 Å². The highest BCUT2D eigenvalue weighted by Gasteiger charge is 2.28. The number of aromatic nitrogens is 5. The molecule has 6 rings (SSSR count). The molecule has 1 aliphatic rings. The molecule has 1 atom stereocenters. The van der Waals surface area contributed by atoms with Gasteiger partial charge in [-0.05, 0) is 57.9 Å². The molecule has 4 heterocycles. The highest BCUT2D eigenvalue weighted by Crippen LogP contribution is 2.37. The number of ether oxygens (including phenoxy) is 1. The predicted octanol–water partition coefficient (Wildman–Crippen LogP) is 5.01. The number of piperidine rings is 1. The number of anilines is 1. The second-order valence-corrected chi connectivity index (χ2v) is 12.9. The largest absolute Gasteiger partial charge is 0.444 e. The normalized spacial score (nSPS) is 15.1. The molecule has 0 saturated carbocycles. The summed E-state index contributed by atoms with van der Waals surface area (Å²) < 4.78 is 24.0. The van der Waals surface area contributed by atoms with Gasteiger partial charge < -0.3 is 19.9 Å². The van der Waals surface area contributed by atoms with Crippen molar-refractivity contribution in [3.8, 4) is 28.6 Å². The first-order valence-corrected chi connectivity index (χ1v) is 15.4. The lowest BCUT2D eigenvalue weighted by Crippen LogP contribution is -2.49. The number of amides is 2. The van der Waals surface area contributed by atoms with Crippen molar-refractivity contribution in [3.63, 3.8) is 0 Å². The fourth-order valence-corrected chi connectivity index (χ4v) is 5.81. The number of rotatable bonds is 6. The molecule has 1 saturated heterocycles. The zero-order chi connectivity index (χ0) is 33.5. The number of alkyl carbamates (subject to hydrolysis) is 1. The van der Waals surface area contributed by atoms with Gasteiger partial charge in [-0.1, -0.05) is 12.1 Å². The van der Waals surface area contributed by atoms with Crippen LogP contribution < -0.4 is 10.2 Å². The first-order valence-electron chi connectivity index (χ1n) is 15.4. The third-order valence-electron chi connectivity index (χ3n) is 8.03. The van der Waals surface area contributed by atoms with Gasteiger partial charge in [0.15, 0.2) is 11.5 Å². The molecule has 1 N–H and O–H groups in total. The summed E-state index contributed by atoms with van der Waals surface area (Å²) in [6, 6.07) is 12.0. The Bertz CT molecular complexity index is 2040. The van der Waals surface area contributed by atoms with E-state index in [0.717, 1.165) is 29.3 Å². The molecule has 2 amide bonds. The van der Waals surface area contributed by atoms with E-state index in [2.05, 4.69) is 15.3 Å². The average Bonchev–Trinajstić information content (AvgIpc) is 3.61. The van der Waals surface area contributed by atoms with Crippen LogP contribution in [0.25, 0.3) is 39.1 Å². The highest BCUT2D eigenvalue weighted by molar-refractivity contribution is 5.91. The minimum Gasteiger partial charge on any atom is -0.444 e. The number of hydrogen-bond donors (Lipinski definition) is 1. The number of halogens is 1. The number of hydrogen-bond acceptors (Lipinski definition) is 8. The molecule has 5 aromatic rings. The van der Waals surface area contributed by atoms with Crippen LogP contribution in [0.1, 0.15) is 39.2 Å². The van der Waals surface area contributed by atoms with Crippen molar-refractivity contribution in [2.75, 3.05) is 32.1 Å². The van der Waals surface area contributed by atoms with Gasteiger partial charge in [0.2, 0.25) is 5.91 Å². The Kier molecular flexibility index (Phi) is 8.27. The molecule has 0 bridgehead atoms. The van der Waals surface area contributed by atoms with Gasteiger partial charge in [0.05, 0.1) is 28.7 Å². The van der Waals surface area contributed by atoms with Crippen LogP contribution in [-0.4, -0.2) is 79.9 Å². The maximum atomic E-state index is 15.0. The first-order chi connectivity index (χ1) is 22.4. The molecular weight excluding hydrogens is 601 g/mol. The topological polar surface area (TPSA) is 134 Å². The van der Waals surface area contributed by atoms with Gasteiger partial charge in [0.25, 0.3) is 0 Å². The van der Waals surface area contributed by atoms with Gasteiger partial charge >= 0.3 is 6.09 Å². The Morgan fingerprint density at radius 3 is 2.68 bits per heavy atom. The van der Waals surface area contributed by atoms with Crippen LogP contribution in [-0.2, 0) is 16.1 Å². The third-order valence-corrected chi connectivity index (χ3v) is 8.03. The van der Waals surface area contributed by atoms with Gasteiger partial charge in [0, 0.05) is 62.1 Å². The van der Waals surface area contributed by atoms with Gasteiger partial charge in [-0.15, -0.1) is 0 Å². The number of carbonyl (C=O) groups is 2. The Labute approximate surface area is 271 Å². The van der Waals surface area contributed by atoms with Crippen molar-refractivity contribution < 1.29 is 18.7 Å². The fourth-order valence-electron chi connectivity index (χ4n) is 5.81. The summed E-state index contributed by atoms with van der Waals surface area (Å²) in [5, 5.41) is 17.6. The number of fused-ring (bicyclic) bond motifs is 2. The van der Waals surface area contributed by atoms with Crippen molar-refractivity contribution in [2.45, 2.75) is 51.8 Å². The summed E-state index contributed by atoms with van der Waals surface area (Å²) in [6.07, 6.45) is 6.38. The van der Waals surface area contributed by atoms with Crippen LogP contribution in [0.4, 0.5) is 15.0 Å². The average molecular weight is 638 g/mol. The van der Waals surface area contributed by atoms with Crippen LogP contribution in [0.5, 0.6) is 0 Å². The maximum Gasteiger partial charge on any atom is 0.407 e. The Morgan fingerprint density at radius 2 is 1.96 bits per heavy atom. The van der Waals surface area contributed by atoms with E-state index in [-0.39, 0.29) is 24.1 Å². The lowest BCUT2D eigenvalue weighted by atomic mass is 10.0. The number of likely N-dealkylation sites (N-methyl/N-ethyl adjacent to an activating group) is 1. The van der Waals surface area contributed by atoms with Crippen LogP contribution in [0.15, 0.2) is 55.0 Å². The molecule has 0 spiro atoms. The number of nitrogens with zero attached hydrogens (tertiary/aromatic N) is 8. The van der Waals surface area contributed by atoms with E-state index < -0.39 is 17.5 Å². The molecule has 13 heteroatoms. The summed E-state index contributed by atoms with van der Waals surface area (Å²) in [6.45, 7) is 6.80. The molecule has 1 aliphatic heterocycles. The lowest BCUT2D eigenvalue weighted by molar-refractivity contribution is -0.129. The van der Waals surface area contributed by atoms with Crippen LogP contribution in [0, 0.1) is 17.1 Å². The van der Waals surface area contributed by atoms with E-state index in [1.165, 1.54) is 17.0 Å². The molecule has 242 valence electrons. The third kappa shape index (κ3) is 6.44. The molecule has 0 unspecified atom stereocenters. The zero-order valence-corrected chi connectivity index (χ0v) is 27.0.